The molecule has 0 spiro atoms. The number of hydrogen-bond acceptors (Lipinski definition) is 3. The Morgan fingerprint density at radius 3 is 2.63 bits per heavy atom. The van der Waals surface area contributed by atoms with Gasteiger partial charge in [0, 0.05) is 37.5 Å². The summed E-state index contributed by atoms with van der Waals surface area (Å²) in [4.78, 5) is 18.9. The van der Waals surface area contributed by atoms with Crippen LogP contribution in [0.25, 0.3) is 10.4 Å². The lowest BCUT2D eigenvalue weighted by Gasteiger charge is -2.24. The molecule has 1 unspecified atom stereocenters. The lowest BCUT2D eigenvalue weighted by Crippen LogP contribution is -2.36. The van der Waals surface area contributed by atoms with E-state index in [0.717, 1.165) is 45.6 Å². The molecule has 1 aliphatic rings. The number of carbonyl (C=O) groups excluding carboxylic acids is 1. The van der Waals surface area contributed by atoms with E-state index < -0.39 is 0 Å². The van der Waals surface area contributed by atoms with Crippen molar-refractivity contribution in [1.82, 2.24) is 9.80 Å². The monoisotopic (exact) mass is 267 g/mol. The number of carbonyl (C=O) groups is 1. The average Bonchev–Trinajstić information content (AvgIpc) is 2.75. The summed E-state index contributed by atoms with van der Waals surface area (Å²) < 4.78 is 0. The third kappa shape index (κ3) is 5.49. The van der Waals surface area contributed by atoms with Crippen molar-refractivity contribution in [2.75, 3.05) is 39.3 Å². The molecule has 0 aliphatic carbocycles. The minimum absolute atomic E-state index is 0.200. The quantitative estimate of drug-likeness (QED) is 0.365. The number of azide groups is 1. The molecule has 108 valence electrons. The molecule has 1 aliphatic heterocycles. The van der Waals surface area contributed by atoms with Crippen LogP contribution in [0, 0.1) is 5.92 Å². The van der Waals surface area contributed by atoms with Crippen LogP contribution in [0.2, 0.25) is 0 Å². The van der Waals surface area contributed by atoms with Crippen LogP contribution in [0.15, 0.2) is 5.11 Å². The summed E-state index contributed by atoms with van der Waals surface area (Å²) >= 11 is 0. The van der Waals surface area contributed by atoms with Crippen LogP contribution in [0.3, 0.4) is 0 Å². The predicted molar refractivity (Wildman–Crippen MR) is 75.7 cm³/mol. The van der Waals surface area contributed by atoms with Crippen molar-refractivity contribution in [1.29, 1.82) is 0 Å². The second-order valence-corrected chi connectivity index (χ2v) is 5.16. The Morgan fingerprint density at radius 1 is 1.37 bits per heavy atom. The standard InChI is InChI=1S/C13H25N5O/c1-3-5-17(6-4-2)7-8-18-11-12(9-13(18)19)10-15-16-14/h12H,3-11H2,1-2H3. The molecule has 19 heavy (non-hydrogen) atoms. The van der Waals surface area contributed by atoms with Gasteiger partial charge < -0.3 is 9.80 Å². The van der Waals surface area contributed by atoms with Crippen molar-refractivity contribution in [3.05, 3.63) is 10.4 Å². The highest BCUT2D eigenvalue weighted by Crippen LogP contribution is 2.17. The number of hydrogen-bond donors (Lipinski definition) is 0. The van der Waals surface area contributed by atoms with Gasteiger partial charge in [0.25, 0.3) is 0 Å². The minimum Gasteiger partial charge on any atom is -0.341 e. The van der Waals surface area contributed by atoms with Gasteiger partial charge in [-0.25, -0.2) is 0 Å². The molecule has 1 rings (SSSR count). The highest BCUT2D eigenvalue weighted by atomic mass is 16.2. The van der Waals surface area contributed by atoms with E-state index in [0.29, 0.717) is 13.0 Å². The Labute approximate surface area is 115 Å². The first kappa shape index (κ1) is 15.8. The highest BCUT2D eigenvalue weighted by Gasteiger charge is 2.28. The molecule has 0 saturated carbocycles. The van der Waals surface area contributed by atoms with E-state index in [1.807, 2.05) is 4.90 Å². The fourth-order valence-corrected chi connectivity index (χ4v) is 2.57. The van der Waals surface area contributed by atoms with E-state index in [9.17, 15) is 4.79 Å². The molecule has 1 saturated heterocycles. The zero-order valence-corrected chi connectivity index (χ0v) is 12.1. The molecule has 6 nitrogen and oxygen atoms in total. The summed E-state index contributed by atoms with van der Waals surface area (Å²) in [7, 11) is 0. The predicted octanol–water partition coefficient (Wildman–Crippen LogP) is 2.27. The Hall–Kier alpha value is -1.26. The van der Waals surface area contributed by atoms with E-state index >= 15 is 0 Å². The average molecular weight is 267 g/mol. The van der Waals surface area contributed by atoms with Gasteiger partial charge in [-0.1, -0.05) is 19.0 Å². The number of nitrogens with zero attached hydrogens (tertiary/aromatic N) is 5. The van der Waals surface area contributed by atoms with Crippen molar-refractivity contribution >= 4 is 5.91 Å². The SMILES string of the molecule is CCCN(CCC)CCN1CC(CN=[N+]=[N-])CC1=O. The van der Waals surface area contributed by atoms with Crippen LogP contribution in [0.5, 0.6) is 0 Å². The van der Waals surface area contributed by atoms with Crippen LogP contribution in [-0.4, -0.2) is 55.0 Å². The molecule has 1 heterocycles. The van der Waals surface area contributed by atoms with Gasteiger partial charge in [-0.05, 0) is 37.4 Å². The molecule has 0 radical (unpaired) electrons. The third-order valence-corrected chi connectivity index (χ3v) is 3.46. The van der Waals surface area contributed by atoms with Gasteiger partial charge in [-0.3, -0.25) is 4.79 Å². The molecule has 6 heteroatoms. The van der Waals surface area contributed by atoms with Gasteiger partial charge in [-0.15, -0.1) is 0 Å². The minimum atomic E-state index is 0.200. The Bertz CT molecular complexity index is 321. The van der Waals surface area contributed by atoms with E-state index in [4.69, 9.17) is 5.53 Å². The van der Waals surface area contributed by atoms with Crippen LogP contribution < -0.4 is 0 Å². The van der Waals surface area contributed by atoms with E-state index in [1.54, 1.807) is 0 Å². The maximum absolute atomic E-state index is 11.8. The molecule has 0 aromatic heterocycles. The largest absolute Gasteiger partial charge is 0.341 e. The molecular weight excluding hydrogens is 242 g/mol. The summed E-state index contributed by atoms with van der Waals surface area (Å²) in [5, 5.41) is 3.57. The molecule has 1 fully saturated rings. The second-order valence-electron chi connectivity index (χ2n) is 5.16. The lowest BCUT2D eigenvalue weighted by molar-refractivity contribution is -0.127. The summed E-state index contributed by atoms with van der Waals surface area (Å²) in [6, 6.07) is 0. The van der Waals surface area contributed by atoms with Crippen molar-refractivity contribution in [3.63, 3.8) is 0 Å². The van der Waals surface area contributed by atoms with Crippen molar-refractivity contribution in [3.8, 4) is 0 Å². The van der Waals surface area contributed by atoms with Gasteiger partial charge >= 0.3 is 0 Å². The molecule has 1 amide bonds. The Balaban J connectivity index is 2.35. The molecule has 0 aromatic carbocycles. The first-order valence-electron chi connectivity index (χ1n) is 7.22. The molecule has 0 aromatic rings. The first-order chi connectivity index (χ1) is 9.21. The molecule has 1 atom stereocenters. The van der Waals surface area contributed by atoms with E-state index in [2.05, 4.69) is 28.8 Å². The van der Waals surface area contributed by atoms with Crippen LogP contribution in [0.4, 0.5) is 0 Å². The van der Waals surface area contributed by atoms with Crippen LogP contribution in [0.1, 0.15) is 33.1 Å². The maximum Gasteiger partial charge on any atom is 0.222 e. The fraction of sp³-hybridized carbons (Fsp3) is 0.923. The van der Waals surface area contributed by atoms with E-state index in [-0.39, 0.29) is 11.8 Å². The van der Waals surface area contributed by atoms with Gasteiger partial charge in [0.1, 0.15) is 0 Å². The van der Waals surface area contributed by atoms with E-state index in [1.165, 1.54) is 0 Å². The van der Waals surface area contributed by atoms with Crippen molar-refractivity contribution in [2.45, 2.75) is 33.1 Å². The van der Waals surface area contributed by atoms with Crippen LogP contribution in [-0.2, 0) is 4.79 Å². The van der Waals surface area contributed by atoms with Crippen molar-refractivity contribution < 1.29 is 4.79 Å². The topological polar surface area (TPSA) is 72.3 Å². The van der Waals surface area contributed by atoms with Gasteiger partial charge in [0.15, 0.2) is 0 Å². The summed E-state index contributed by atoms with van der Waals surface area (Å²) in [6.07, 6.45) is 2.82. The zero-order chi connectivity index (χ0) is 14.1. The fourth-order valence-electron chi connectivity index (χ4n) is 2.57. The molecular formula is C13H25N5O. The second kappa shape index (κ2) is 8.77. The van der Waals surface area contributed by atoms with Gasteiger partial charge in [-0.2, -0.15) is 0 Å². The number of rotatable bonds is 9. The van der Waals surface area contributed by atoms with Crippen LogP contribution >= 0.6 is 0 Å². The van der Waals surface area contributed by atoms with Gasteiger partial charge in [0.05, 0.1) is 0 Å². The Morgan fingerprint density at radius 2 is 2.05 bits per heavy atom. The Kier molecular flexibility index (Phi) is 7.30. The third-order valence-electron chi connectivity index (χ3n) is 3.46. The lowest BCUT2D eigenvalue weighted by atomic mass is 10.1. The zero-order valence-electron chi connectivity index (χ0n) is 12.1. The summed E-state index contributed by atoms with van der Waals surface area (Å²) in [5.74, 6) is 0.403. The highest BCUT2D eigenvalue weighted by molar-refractivity contribution is 5.78. The molecule has 0 N–H and O–H groups in total. The number of amides is 1. The van der Waals surface area contributed by atoms with Crippen molar-refractivity contribution in [2.24, 2.45) is 11.0 Å². The number of likely N-dealkylation sites (tertiary alicyclic amines) is 1. The molecule has 0 bridgehead atoms. The summed E-state index contributed by atoms with van der Waals surface area (Å²) in [6.45, 7) is 9.47. The maximum atomic E-state index is 11.8. The first-order valence-corrected chi connectivity index (χ1v) is 7.22. The smallest absolute Gasteiger partial charge is 0.222 e. The summed E-state index contributed by atoms with van der Waals surface area (Å²) in [5.41, 5.74) is 8.31. The van der Waals surface area contributed by atoms with Gasteiger partial charge in [0.2, 0.25) is 5.91 Å². The normalized spacial score (nSPS) is 19.0.